The van der Waals surface area contributed by atoms with Crippen LogP contribution in [0.5, 0.6) is 0 Å². The number of hydrogen-bond donors (Lipinski definition) is 1. The molecule has 1 aromatic heterocycles. The Labute approximate surface area is 143 Å². The maximum absolute atomic E-state index is 12.9. The summed E-state index contributed by atoms with van der Waals surface area (Å²) in [7, 11) is 0. The third kappa shape index (κ3) is 4.01. The summed E-state index contributed by atoms with van der Waals surface area (Å²) in [5.74, 6) is -0.0111. The Morgan fingerprint density at radius 1 is 1.12 bits per heavy atom. The van der Waals surface area contributed by atoms with E-state index in [0.717, 1.165) is 32.2 Å². The predicted molar refractivity (Wildman–Crippen MR) is 93.6 cm³/mol. The predicted octanol–water partition coefficient (Wildman–Crippen LogP) is 3.20. The second kappa shape index (κ2) is 8.06. The number of aromatic nitrogens is 1. The fraction of sp³-hybridized carbons (Fsp3) is 0.400. The Balaban J connectivity index is 1.70. The molecular formula is C20H24N2O2. The highest BCUT2D eigenvalue weighted by Gasteiger charge is 2.27. The lowest BCUT2D eigenvalue weighted by Gasteiger charge is -2.35. The van der Waals surface area contributed by atoms with E-state index in [1.165, 1.54) is 12.0 Å². The van der Waals surface area contributed by atoms with Gasteiger partial charge in [0.2, 0.25) is 0 Å². The van der Waals surface area contributed by atoms with Gasteiger partial charge in [0.15, 0.2) is 0 Å². The minimum Gasteiger partial charge on any atom is -0.390 e. The Morgan fingerprint density at radius 3 is 2.75 bits per heavy atom. The largest absolute Gasteiger partial charge is 0.390 e. The molecule has 1 fully saturated rings. The van der Waals surface area contributed by atoms with Crippen LogP contribution in [0.1, 0.15) is 47.4 Å². The molecule has 4 nitrogen and oxygen atoms in total. The van der Waals surface area contributed by atoms with E-state index < -0.39 is 0 Å². The lowest BCUT2D eigenvalue weighted by Crippen LogP contribution is -2.44. The molecule has 0 aliphatic carbocycles. The molecule has 1 atom stereocenters. The zero-order chi connectivity index (χ0) is 16.8. The fourth-order valence-electron chi connectivity index (χ4n) is 3.38. The molecule has 1 N–H and O–H groups in total. The summed E-state index contributed by atoms with van der Waals surface area (Å²) in [6.45, 7) is 0.655. The molecule has 1 saturated heterocycles. The molecular weight excluding hydrogens is 300 g/mol. The van der Waals surface area contributed by atoms with Crippen LogP contribution >= 0.6 is 0 Å². The van der Waals surface area contributed by atoms with Crippen molar-refractivity contribution >= 4 is 5.91 Å². The molecule has 1 aliphatic rings. The van der Waals surface area contributed by atoms with Gasteiger partial charge in [-0.1, -0.05) is 36.4 Å². The van der Waals surface area contributed by atoms with E-state index in [0.29, 0.717) is 11.4 Å². The fourth-order valence-corrected chi connectivity index (χ4v) is 3.38. The third-order valence-corrected chi connectivity index (χ3v) is 4.68. The molecule has 0 spiro atoms. The summed E-state index contributed by atoms with van der Waals surface area (Å²) < 4.78 is 0. The number of nitrogens with zero attached hydrogens (tertiary/aromatic N) is 2. The van der Waals surface area contributed by atoms with E-state index in [9.17, 15) is 9.90 Å². The molecule has 2 heterocycles. The molecule has 1 amide bonds. The average Bonchev–Trinajstić information content (AvgIpc) is 2.67. The minimum absolute atomic E-state index is 0.0111. The molecule has 1 aromatic carbocycles. The molecule has 126 valence electrons. The highest BCUT2D eigenvalue weighted by atomic mass is 16.3. The summed E-state index contributed by atoms with van der Waals surface area (Å²) in [4.78, 5) is 19.1. The summed E-state index contributed by atoms with van der Waals surface area (Å²) >= 11 is 0. The summed E-state index contributed by atoms with van der Waals surface area (Å²) in [6, 6.07) is 16.0. The zero-order valence-corrected chi connectivity index (χ0v) is 13.9. The summed E-state index contributed by atoms with van der Waals surface area (Å²) in [5, 5.41) is 9.23. The van der Waals surface area contributed by atoms with Crippen LogP contribution in [0, 0.1) is 0 Å². The van der Waals surface area contributed by atoms with Crippen molar-refractivity contribution in [1.29, 1.82) is 0 Å². The van der Waals surface area contributed by atoms with Crippen molar-refractivity contribution in [2.24, 2.45) is 0 Å². The number of rotatable bonds is 5. The van der Waals surface area contributed by atoms with Crippen LogP contribution in [-0.2, 0) is 13.0 Å². The molecule has 2 aromatic rings. The molecule has 0 bridgehead atoms. The van der Waals surface area contributed by atoms with Crippen molar-refractivity contribution in [3.63, 3.8) is 0 Å². The Hall–Kier alpha value is -2.20. The van der Waals surface area contributed by atoms with E-state index in [1.807, 2.05) is 11.0 Å². The van der Waals surface area contributed by atoms with Gasteiger partial charge in [0.25, 0.3) is 5.91 Å². The lowest BCUT2D eigenvalue weighted by atomic mass is 9.95. The maximum Gasteiger partial charge on any atom is 0.272 e. The van der Waals surface area contributed by atoms with E-state index >= 15 is 0 Å². The van der Waals surface area contributed by atoms with Gasteiger partial charge < -0.3 is 10.0 Å². The van der Waals surface area contributed by atoms with Crippen LogP contribution < -0.4 is 0 Å². The van der Waals surface area contributed by atoms with E-state index in [1.54, 1.807) is 18.2 Å². The number of amides is 1. The smallest absolute Gasteiger partial charge is 0.272 e. The number of pyridine rings is 1. The summed E-state index contributed by atoms with van der Waals surface area (Å²) in [6.07, 6.45) is 5.24. The number of aliphatic hydroxyl groups excluding tert-OH is 1. The quantitative estimate of drug-likeness (QED) is 0.919. The molecule has 24 heavy (non-hydrogen) atoms. The molecule has 3 rings (SSSR count). The van der Waals surface area contributed by atoms with E-state index in [2.05, 4.69) is 29.2 Å². The van der Waals surface area contributed by atoms with Crippen LogP contribution in [0.15, 0.2) is 48.5 Å². The second-order valence-electron chi connectivity index (χ2n) is 6.34. The number of likely N-dealkylation sites (tertiary alicyclic amines) is 1. The van der Waals surface area contributed by atoms with Gasteiger partial charge in [-0.15, -0.1) is 0 Å². The molecule has 0 radical (unpaired) electrons. The number of hydrogen-bond acceptors (Lipinski definition) is 3. The number of carbonyl (C=O) groups is 1. The van der Waals surface area contributed by atoms with E-state index in [4.69, 9.17) is 0 Å². The highest BCUT2D eigenvalue weighted by Crippen LogP contribution is 2.23. The normalized spacial score (nSPS) is 17.7. The van der Waals surface area contributed by atoms with Crippen molar-refractivity contribution in [2.75, 3.05) is 6.54 Å². The van der Waals surface area contributed by atoms with Crippen LogP contribution in [0.25, 0.3) is 0 Å². The minimum atomic E-state index is -0.140. The number of carbonyl (C=O) groups excluding carboxylic acids is 1. The first-order valence-corrected chi connectivity index (χ1v) is 8.69. The standard InChI is InChI=1S/C20H24N2O2/c23-15-17-9-6-11-19(21-17)20(24)22-14-5-4-10-18(22)13-12-16-7-2-1-3-8-16/h1-3,6-9,11,18,23H,4-5,10,12-15H2/t18-/m0/s1. The second-order valence-corrected chi connectivity index (χ2v) is 6.34. The van der Waals surface area contributed by atoms with Gasteiger partial charge in [-0.25, -0.2) is 4.98 Å². The van der Waals surface area contributed by atoms with Gasteiger partial charge in [-0.05, 0) is 49.8 Å². The van der Waals surface area contributed by atoms with Crippen molar-refractivity contribution < 1.29 is 9.90 Å². The molecule has 0 unspecified atom stereocenters. The maximum atomic E-state index is 12.9. The zero-order valence-electron chi connectivity index (χ0n) is 13.9. The first-order valence-electron chi connectivity index (χ1n) is 8.69. The van der Waals surface area contributed by atoms with Crippen LogP contribution in [0.4, 0.5) is 0 Å². The van der Waals surface area contributed by atoms with Crippen molar-refractivity contribution in [1.82, 2.24) is 9.88 Å². The monoisotopic (exact) mass is 324 g/mol. The van der Waals surface area contributed by atoms with Gasteiger partial charge in [-0.3, -0.25) is 4.79 Å². The van der Waals surface area contributed by atoms with Gasteiger partial charge in [0.05, 0.1) is 12.3 Å². The van der Waals surface area contributed by atoms with Gasteiger partial charge in [0, 0.05) is 12.6 Å². The van der Waals surface area contributed by atoms with Crippen molar-refractivity contribution in [2.45, 2.75) is 44.8 Å². The van der Waals surface area contributed by atoms with Gasteiger partial charge in [-0.2, -0.15) is 0 Å². The average molecular weight is 324 g/mol. The van der Waals surface area contributed by atoms with Crippen molar-refractivity contribution in [3.8, 4) is 0 Å². The number of piperidine rings is 1. The third-order valence-electron chi connectivity index (χ3n) is 4.68. The lowest BCUT2D eigenvalue weighted by molar-refractivity contribution is 0.0595. The number of aliphatic hydroxyl groups is 1. The van der Waals surface area contributed by atoms with E-state index in [-0.39, 0.29) is 18.6 Å². The Bertz CT molecular complexity index is 672. The van der Waals surface area contributed by atoms with Crippen LogP contribution in [0.2, 0.25) is 0 Å². The first-order chi connectivity index (χ1) is 11.8. The Morgan fingerprint density at radius 2 is 1.96 bits per heavy atom. The Kier molecular flexibility index (Phi) is 5.59. The molecule has 4 heteroatoms. The highest BCUT2D eigenvalue weighted by molar-refractivity contribution is 5.92. The molecule has 1 aliphatic heterocycles. The number of aryl methyl sites for hydroxylation is 1. The first kappa shape index (κ1) is 16.7. The van der Waals surface area contributed by atoms with Crippen LogP contribution in [-0.4, -0.2) is 33.5 Å². The van der Waals surface area contributed by atoms with Crippen molar-refractivity contribution in [3.05, 3.63) is 65.5 Å². The number of benzene rings is 1. The topological polar surface area (TPSA) is 53.4 Å². The van der Waals surface area contributed by atoms with Gasteiger partial charge >= 0.3 is 0 Å². The van der Waals surface area contributed by atoms with Crippen LogP contribution in [0.3, 0.4) is 0 Å². The molecule has 0 saturated carbocycles. The van der Waals surface area contributed by atoms with Gasteiger partial charge in [0.1, 0.15) is 5.69 Å². The SMILES string of the molecule is O=C(c1cccc(CO)n1)N1CCCC[C@H]1CCc1ccccc1. The summed E-state index contributed by atoms with van der Waals surface area (Å²) in [5.41, 5.74) is 2.29.